The molecule has 0 saturated heterocycles. The number of nitrogens with zero attached hydrogens (tertiary/aromatic N) is 2. The Morgan fingerprint density at radius 1 is 1.47 bits per heavy atom. The van der Waals surface area contributed by atoms with Crippen LogP contribution < -0.4 is 4.72 Å². The van der Waals surface area contributed by atoms with Crippen molar-refractivity contribution in [1.29, 1.82) is 5.26 Å². The summed E-state index contributed by atoms with van der Waals surface area (Å²) in [6.45, 7) is 0.156. The topological polar surface area (TPSA) is 82.8 Å². The summed E-state index contributed by atoms with van der Waals surface area (Å²) in [6, 6.07) is 5.94. The summed E-state index contributed by atoms with van der Waals surface area (Å²) in [5, 5.41) is 8.73. The Balaban J connectivity index is 2.22. The molecule has 2 aromatic rings. The lowest BCUT2D eigenvalue weighted by Gasteiger charge is -2.07. The molecule has 8 heteroatoms. The summed E-state index contributed by atoms with van der Waals surface area (Å²) >= 11 is 7.23. The molecular formula is C11H8ClN3O2S2. The van der Waals surface area contributed by atoms with E-state index >= 15 is 0 Å². The second kappa shape index (κ2) is 5.67. The molecule has 0 unspecified atom stereocenters. The van der Waals surface area contributed by atoms with Gasteiger partial charge >= 0.3 is 0 Å². The average molecular weight is 314 g/mol. The van der Waals surface area contributed by atoms with Crippen molar-refractivity contribution in [2.45, 2.75) is 11.4 Å². The lowest BCUT2D eigenvalue weighted by molar-refractivity contribution is 0.582. The standard InChI is InChI=1S/C11H8ClN3O2S2/c12-10-3-8(4-13)1-2-11(10)19(16,17)15-6-9-5-14-7-18-9/h1-3,5,7,15H,6H2. The first-order chi connectivity index (χ1) is 9.03. The maximum atomic E-state index is 12.1. The van der Waals surface area contributed by atoms with E-state index in [-0.39, 0.29) is 16.5 Å². The molecule has 5 nitrogen and oxygen atoms in total. The van der Waals surface area contributed by atoms with Gasteiger partial charge in [0.1, 0.15) is 4.90 Å². The fraction of sp³-hybridized carbons (Fsp3) is 0.0909. The zero-order chi connectivity index (χ0) is 13.9. The van der Waals surface area contributed by atoms with Gasteiger partial charge in [-0.1, -0.05) is 11.6 Å². The van der Waals surface area contributed by atoms with Gasteiger partial charge in [-0.2, -0.15) is 5.26 Å². The first-order valence-corrected chi connectivity index (χ1v) is 7.83. The summed E-state index contributed by atoms with van der Waals surface area (Å²) in [5.74, 6) is 0. The number of aromatic nitrogens is 1. The molecule has 98 valence electrons. The van der Waals surface area contributed by atoms with Crippen molar-refractivity contribution in [2.24, 2.45) is 0 Å². The van der Waals surface area contributed by atoms with E-state index in [9.17, 15) is 8.42 Å². The number of sulfonamides is 1. The molecule has 0 radical (unpaired) electrons. The maximum absolute atomic E-state index is 12.1. The van der Waals surface area contributed by atoms with Crippen LogP contribution in [-0.2, 0) is 16.6 Å². The van der Waals surface area contributed by atoms with Crippen LogP contribution in [0.5, 0.6) is 0 Å². The minimum Gasteiger partial charge on any atom is -0.253 e. The first kappa shape index (κ1) is 14.0. The van der Waals surface area contributed by atoms with Crippen molar-refractivity contribution in [2.75, 3.05) is 0 Å². The van der Waals surface area contributed by atoms with Gasteiger partial charge in [0.15, 0.2) is 0 Å². The lowest BCUT2D eigenvalue weighted by Crippen LogP contribution is -2.23. The highest BCUT2D eigenvalue weighted by molar-refractivity contribution is 7.89. The lowest BCUT2D eigenvalue weighted by atomic mass is 10.2. The third-order valence-corrected chi connectivity index (χ3v) is 4.93. The highest BCUT2D eigenvalue weighted by Crippen LogP contribution is 2.22. The van der Waals surface area contributed by atoms with E-state index in [1.807, 2.05) is 6.07 Å². The summed E-state index contributed by atoms with van der Waals surface area (Å²) < 4.78 is 26.5. The van der Waals surface area contributed by atoms with Gasteiger partial charge in [-0.05, 0) is 18.2 Å². The van der Waals surface area contributed by atoms with Crippen molar-refractivity contribution in [3.05, 3.63) is 45.4 Å². The zero-order valence-electron chi connectivity index (χ0n) is 9.50. The van der Waals surface area contributed by atoms with Crippen molar-refractivity contribution >= 4 is 33.0 Å². The molecule has 2 rings (SSSR count). The third-order valence-electron chi connectivity index (χ3n) is 2.27. The number of hydrogen-bond donors (Lipinski definition) is 1. The van der Waals surface area contributed by atoms with Gasteiger partial charge in [0, 0.05) is 17.6 Å². The van der Waals surface area contributed by atoms with Crippen molar-refractivity contribution in [3.63, 3.8) is 0 Å². The van der Waals surface area contributed by atoms with Crippen LogP contribution in [-0.4, -0.2) is 13.4 Å². The minimum atomic E-state index is -3.70. The van der Waals surface area contributed by atoms with E-state index in [2.05, 4.69) is 9.71 Å². The smallest absolute Gasteiger partial charge is 0.242 e. The molecule has 19 heavy (non-hydrogen) atoms. The van der Waals surface area contributed by atoms with Crippen LogP contribution in [0.3, 0.4) is 0 Å². The van der Waals surface area contributed by atoms with E-state index in [0.29, 0.717) is 5.56 Å². The molecule has 0 amide bonds. The van der Waals surface area contributed by atoms with Crippen LogP contribution in [0.15, 0.2) is 34.8 Å². The molecule has 0 spiro atoms. The second-order valence-corrected chi connectivity index (χ2v) is 6.66. The van der Waals surface area contributed by atoms with E-state index in [1.54, 1.807) is 11.7 Å². The van der Waals surface area contributed by atoms with Gasteiger partial charge in [-0.3, -0.25) is 4.98 Å². The molecule has 1 heterocycles. The Kier molecular flexibility index (Phi) is 4.17. The van der Waals surface area contributed by atoms with E-state index in [1.165, 1.54) is 29.5 Å². The van der Waals surface area contributed by atoms with Gasteiger partial charge in [0.25, 0.3) is 0 Å². The highest BCUT2D eigenvalue weighted by Gasteiger charge is 2.18. The number of thiazole rings is 1. The normalized spacial score (nSPS) is 11.2. The monoisotopic (exact) mass is 313 g/mol. The summed E-state index contributed by atoms with van der Waals surface area (Å²) in [7, 11) is -3.70. The molecule has 0 aliphatic carbocycles. The van der Waals surface area contributed by atoms with Gasteiger partial charge in [0.2, 0.25) is 10.0 Å². The molecule has 0 saturated carbocycles. The number of benzene rings is 1. The van der Waals surface area contributed by atoms with E-state index < -0.39 is 10.0 Å². The molecule has 1 aromatic carbocycles. The fourth-order valence-electron chi connectivity index (χ4n) is 1.36. The van der Waals surface area contributed by atoms with Gasteiger partial charge in [-0.25, -0.2) is 13.1 Å². The van der Waals surface area contributed by atoms with Gasteiger partial charge < -0.3 is 0 Å². The second-order valence-electron chi connectivity index (χ2n) is 3.55. The Morgan fingerprint density at radius 3 is 2.84 bits per heavy atom. The molecule has 0 fully saturated rings. The Labute approximate surface area is 119 Å². The summed E-state index contributed by atoms with van der Waals surface area (Å²) in [4.78, 5) is 4.61. The van der Waals surface area contributed by atoms with Crippen LogP contribution in [0.2, 0.25) is 5.02 Å². The largest absolute Gasteiger partial charge is 0.253 e. The SMILES string of the molecule is N#Cc1ccc(S(=O)(=O)NCc2cncs2)c(Cl)c1. The van der Waals surface area contributed by atoms with Crippen LogP contribution in [0, 0.1) is 11.3 Å². The van der Waals surface area contributed by atoms with E-state index in [0.717, 1.165) is 4.88 Å². The Morgan fingerprint density at radius 2 is 2.26 bits per heavy atom. The van der Waals surface area contributed by atoms with Crippen molar-refractivity contribution in [3.8, 4) is 6.07 Å². The van der Waals surface area contributed by atoms with Crippen LogP contribution in [0.25, 0.3) is 0 Å². The van der Waals surface area contributed by atoms with Crippen LogP contribution in [0.4, 0.5) is 0 Å². The molecule has 0 aliphatic heterocycles. The molecule has 1 N–H and O–H groups in total. The number of halogens is 1. The number of rotatable bonds is 4. The average Bonchev–Trinajstić information content (AvgIpc) is 2.89. The zero-order valence-corrected chi connectivity index (χ0v) is 11.9. The summed E-state index contributed by atoms with van der Waals surface area (Å²) in [5.41, 5.74) is 1.93. The number of nitriles is 1. The quantitative estimate of drug-likeness (QED) is 0.937. The molecule has 0 aliphatic rings. The van der Waals surface area contributed by atoms with Crippen molar-refractivity contribution < 1.29 is 8.42 Å². The maximum Gasteiger partial charge on any atom is 0.242 e. The molecule has 0 atom stereocenters. The Hall–Kier alpha value is -1.46. The van der Waals surface area contributed by atoms with E-state index in [4.69, 9.17) is 16.9 Å². The predicted octanol–water partition coefficient (Wildman–Crippen LogP) is 2.15. The molecule has 1 aromatic heterocycles. The van der Waals surface area contributed by atoms with Crippen LogP contribution >= 0.6 is 22.9 Å². The van der Waals surface area contributed by atoms with Crippen molar-refractivity contribution in [1.82, 2.24) is 9.71 Å². The number of hydrogen-bond acceptors (Lipinski definition) is 5. The minimum absolute atomic E-state index is 0.0239. The first-order valence-electron chi connectivity index (χ1n) is 5.09. The fourth-order valence-corrected chi connectivity index (χ4v) is 3.54. The summed E-state index contributed by atoms with van der Waals surface area (Å²) in [6.07, 6.45) is 1.59. The van der Waals surface area contributed by atoms with Gasteiger partial charge in [-0.15, -0.1) is 11.3 Å². The predicted molar refractivity (Wildman–Crippen MR) is 72.3 cm³/mol. The van der Waals surface area contributed by atoms with Crippen LogP contribution in [0.1, 0.15) is 10.4 Å². The molecule has 0 bridgehead atoms. The van der Waals surface area contributed by atoms with Gasteiger partial charge in [0.05, 0.1) is 22.2 Å². The Bertz CT molecular complexity index is 721. The molecular weight excluding hydrogens is 306 g/mol. The highest BCUT2D eigenvalue weighted by atomic mass is 35.5. The third kappa shape index (κ3) is 3.30. The number of nitrogens with one attached hydrogen (secondary N) is 1.